The van der Waals surface area contributed by atoms with Gasteiger partial charge in [-0.05, 0) is 27.7 Å². The summed E-state index contributed by atoms with van der Waals surface area (Å²) in [7, 11) is 7.80. The first-order valence-corrected chi connectivity index (χ1v) is 10.8. The molecule has 0 aromatic carbocycles. The van der Waals surface area contributed by atoms with Crippen molar-refractivity contribution in [3.05, 3.63) is 0 Å². The normalized spacial score (nSPS) is 26.2. The number of hydrogen-bond donors (Lipinski definition) is 0. The molecule has 0 radical (unpaired) electrons. The van der Waals surface area contributed by atoms with Crippen LogP contribution in [0.3, 0.4) is 0 Å². The molecule has 2 rings (SSSR count). The third kappa shape index (κ3) is 18.1. The van der Waals surface area contributed by atoms with Crippen molar-refractivity contribution in [1.82, 2.24) is 0 Å². The van der Waals surface area contributed by atoms with Crippen LogP contribution in [0, 0.1) is 0 Å². The van der Waals surface area contributed by atoms with Crippen LogP contribution >= 0.6 is 0 Å². The summed E-state index contributed by atoms with van der Waals surface area (Å²) in [4.78, 5) is 0. The topological polar surface area (TPSA) is 117 Å². The van der Waals surface area contributed by atoms with Crippen LogP contribution in [-0.4, -0.2) is 119 Å². The van der Waals surface area contributed by atoms with Crippen molar-refractivity contribution >= 4 is 10.4 Å². The molecule has 2 fully saturated rings. The van der Waals surface area contributed by atoms with Crippen LogP contribution in [0.4, 0.5) is 0 Å². The molecule has 10 nitrogen and oxygen atoms in total. The lowest BCUT2D eigenvalue weighted by atomic mass is 10.3. The standard InChI is InChI=1S/2C9H20NO2.H2O4S/c2*1-9(2)11-7-8(12-9)6-10(3,4)5;1-5(2,3)4/h2*8H,6-7H2,1-5H3;(H2,1,2,3,4)/q2*+1;/p-2/t2*8-;/m00./s1. The van der Waals surface area contributed by atoms with Gasteiger partial charge in [0.2, 0.25) is 0 Å². The molecule has 2 aliphatic heterocycles. The van der Waals surface area contributed by atoms with E-state index in [0.29, 0.717) is 0 Å². The van der Waals surface area contributed by atoms with E-state index in [2.05, 4.69) is 42.3 Å². The zero-order valence-corrected chi connectivity index (χ0v) is 20.4. The second-order valence-electron chi connectivity index (χ2n) is 10.3. The molecule has 29 heavy (non-hydrogen) atoms. The van der Waals surface area contributed by atoms with Gasteiger partial charge in [-0.3, -0.25) is 8.42 Å². The highest BCUT2D eigenvalue weighted by Gasteiger charge is 2.36. The zero-order valence-electron chi connectivity index (χ0n) is 19.6. The lowest BCUT2D eigenvalue weighted by Crippen LogP contribution is -2.42. The van der Waals surface area contributed by atoms with Gasteiger partial charge in [0, 0.05) is 10.4 Å². The number of quaternary nitrogens is 2. The van der Waals surface area contributed by atoms with Gasteiger partial charge in [0.15, 0.2) is 11.6 Å². The van der Waals surface area contributed by atoms with E-state index in [1.54, 1.807) is 0 Å². The molecule has 0 N–H and O–H groups in total. The van der Waals surface area contributed by atoms with Crippen molar-refractivity contribution in [1.29, 1.82) is 0 Å². The Bertz CT molecular complexity index is 548. The Kier molecular flexibility index (Phi) is 10.2. The molecule has 0 saturated carbocycles. The molecule has 2 aliphatic rings. The fourth-order valence-electron chi connectivity index (χ4n) is 2.93. The molecule has 0 aromatic rings. The number of hydrogen-bond acceptors (Lipinski definition) is 8. The van der Waals surface area contributed by atoms with E-state index in [9.17, 15) is 0 Å². The Morgan fingerprint density at radius 1 is 0.759 bits per heavy atom. The van der Waals surface area contributed by atoms with Crippen molar-refractivity contribution < 1.29 is 45.4 Å². The fourth-order valence-corrected chi connectivity index (χ4v) is 2.93. The summed E-state index contributed by atoms with van der Waals surface area (Å²) in [5.74, 6) is -0.750. The van der Waals surface area contributed by atoms with Gasteiger partial charge in [-0.1, -0.05) is 0 Å². The molecule has 0 bridgehead atoms. The molecule has 2 atom stereocenters. The van der Waals surface area contributed by atoms with E-state index in [1.807, 2.05) is 27.7 Å². The van der Waals surface area contributed by atoms with Gasteiger partial charge < -0.3 is 37.0 Å². The third-order valence-electron chi connectivity index (χ3n) is 3.64. The van der Waals surface area contributed by atoms with Gasteiger partial charge in [0.05, 0.1) is 55.5 Å². The second kappa shape index (κ2) is 10.3. The van der Waals surface area contributed by atoms with Crippen molar-refractivity contribution in [2.24, 2.45) is 0 Å². The molecule has 2 heterocycles. The SMILES string of the molecule is CC1(C)OC[C@H](C[N+](C)(C)C)O1.CC1(C)OC[C@H](C[N+](C)(C)C)O1.O=S(=O)([O-])[O-]. The first-order chi connectivity index (χ1) is 12.6. The molecule has 0 unspecified atom stereocenters. The predicted molar refractivity (Wildman–Crippen MR) is 106 cm³/mol. The highest BCUT2D eigenvalue weighted by Crippen LogP contribution is 2.23. The van der Waals surface area contributed by atoms with Crippen LogP contribution in [-0.2, 0) is 29.3 Å². The molecule has 0 aromatic heterocycles. The minimum absolute atomic E-state index is 0.250. The van der Waals surface area contributed by atoms with E-state index in [-0.39, 0.29) is 23.8 Å². The third-order valence-corrected chi connectivity index (χ3v) is 3.64. The highest BCUT2D eigenvalue weighted by atomic mass is 32.3. The van der Waals surface area contributed by atoms with Gasteiger partial charge >= 0.3 is 0 Å². The maximum atomic E-state index is 8.52. The van der Waals surface area contributed by atoms with Crippen molar-refractivity contribution in [2.45, 2.75) is 51.5 Å². The van der Waals surface area contributed by atoms with Crippen molar-refractivity contribution in [3.8, 4) is 0 Å². The van der Waals surface area contributed by atoms with Crippen LogP contribution < -0.4 is 0 Å². The Labute approximate surface area is 176 Å². The summed E-state index contributed by atoms with van der Waals surface area (Å²) in [6.45, 7) is 11.3. The summed E-state index contributed by atoms with van der Waals surface area (Å²) in [5.41, 5.74) is 0. The molecule has 0 aliphatic carbocycles. The minimum Gasteiger partial charge on any atom is -0.759 e. The summed E-state index contributed by atoms with van der Waals surface area (Å²) >= 11 is 0. The quantitative estimate of drug-likeness (QED) is 0.346. The number of likely N-dealkylation sites (N-methyl/N-ethyl adjacent to an activating group) is 2. The average molecular weight is 445 g/mol. The van der Waals surface area contributed by atoms with E-state index < -0.39 is 10.4 Å². The molecule has 11 heteroatoms. The van der Waals surface area contributed by atoms with Crippen LogP contribution in [0.2, 0.25) is 0 Å². The molecule has 0 spiro atoms. The van der Waals surface area contributed by atoms with E-state index in [4.69, 9.17) is 36.5 Å². The van der Waals surface area contributed by atoms with E-state index in [0.717, 1.165) is 35.3 Å². The summed E-state index contributed by atoms with van der Waals surface area (Å²) in [5, 5.41) is 0. The largest absolute Gasteiger partial charge is 0.759 e. The Balaban J connectivity index is 0.000000442. The Morgan fingerprint density at radius 3 is 1.14 bits per heavy atom. The zero-order chi connectivity index (χ0) is 23.3. The Morgan fingerprint density at radius 2 is 1.00 bits per heavy atom. The minimum atomic E-state index is -5.17. The van der Waals surface area contributed by atoms with E-state index >= 15 is 0 Å². The van der Waals surface area contributed by atoms with E-state index in [1.165, 1.54) is 0 Å². The van der Waals surface area contributed by atoms with Gasteiger partial charge in [-0.2, -0.15) is 0 Å². The van der Waals surface area contributed by atoms with Crippen LogP contribution in [0.1, 0.15) is 27.7 Å². The number of ether oxygens (including phenoxy) is 4. The molecule has 0 amide bonds. The van der Waals surface area contributed by atoms with Gasteiger partial charge in [-0.25, -0.2) is 0 Å². The smallest absolute Gasteiger partial charge is 0.163 e. The molecule has 2 saturated heterocycles. The van der Waals surface area contributed by atoms with Crippen LogP contribution in [0.5, 0.6) is 0 Å². The summed E-state index contributed by atoms with van der Waals surface area (Å²) in [6.07, 6.45) is 0.500. The maximum absolute atomic E-state index is 8.52. The van der Waals surface area contributed by atoms with Crippen molar-refractivity contribution in [2.75, 3.05) is 68.6 Å². The fraction of sp³-hybridized carbons (Fsp3) is 1.00. The summed E-state index contributed by atoms with van der Waals surface area (Å²) in [6, 6.07) is 0. The maximum Gasteiger partial charge on any atom is 0.163 e. The predicted octanol–water partition coefficient (Wildman–Crippen LogP) is 0.350. The van der Waals surface area contributed by atoms with Crippen LogP contribution in [0.25, 0.3) is 0 Å². The van der Waals surface area contributed by atoms with Crippen LogP contribution in [0.15, 0.2) is 0 Å². The first-order valence-electron chi connectivity index (χ1n) is 9.48. The molecular formula is C18H40N2O8S. The molecule has 176 valence electrons. The Hall–Kier alpha value is -0.370. The van der Waals surface area contributed by atoms with Gasteiger partial charge in [-0.15, -0.1) is 0 Å². The lowest BCUT2D eigenvalue weighted by Gasteiger charge is -2.27. The summed E-state index contributed by atoms with van der Waals surface area (Å²) < 4.78 is 58.2. The average Bonchev–Trinajstić information content (AvgIpc) is 2.86. The highest BCUT2D eigenvalue weighted by molar-refractivity contribution is 7.79. The number of rotatable bonds is 4. The molecular weight excluding hydrogens is 404 g/mol. The lowest BCUT2D eigenvalue weighted by molar-refractivity contribution is -0.873. The first kappa shape index (κ1) is 28.6. The second-order valence-corrected chi connectivity index (χ2v) is 11.1. The monoisotopic (exact) mass is 444 g/mol. The van der Waals surface area contributed by atoms with Gasteiger partial charge in [0.1, 0.15) is 25.3 Å². The number of nitrogens with zero attached hydrogens (tertiary/aromatic N) is 2. The van der Waals surface area contributed by atoms with Gasteiger partial charge in [0.25, 0.3) is 0 Å². The van der Waals surface area contributed by atoms with Crippen molar-refractivity contribution in [3.63, 3.8) is 0 Å².